The van der Waals surface area contributed by atoms with Gasteiger partial charge in [-0.1, -0.05) is 35.3 Å². The molecule has 2 aromatic carbocycles. The number of halogens is 3. The maximum Gasteiger partial charge on any atom is 0.253 e. The molecule has 2 aliphatic rings. The predicted molar refractivity (Wildman–Crippen MR) is 142 cm³/mol. The molecule has 2 saturated heterocycles. The van der Waals surface area contributed by atoms with Crippen molar-refractivity contribution in [3.63, 3.8) is 0 Å². The van der Waals surface area contributed by atoms with Crippen molar-refractivity contribution in [2.45, 2.75) is 50.5 Å². The summed E-state index contributed by atoms with van der Waals surface area (Å²) in [6.07, 6.45) is 5.65. The summed E-state index contributed by atoms with van der Waals surface area (Å²) < 4.78 is 13.7. The minimum absolute atomic E-state index is 0.0451. The van der Waals surface area contributed by atoms with E-state index in [9.17, 15) is 14.0 Å². The lowest BCUT2D eigenvalue weighted by molar-refractivity contribution is -0.136. The van der Waals surface area contributed by atoms with Gasteiger partial charge in [-0.25, -0.2) is 4.39 Å². The molecule has 2 aromatic rings. The number of rotatable bonds is 8. The van der Waals surface area contributed by atoms with Gasteiger partial charge in [0.2, 0.25) is 5.91 Å². The number of likely N-dealkylation sites (tertiary alicyclic amines) is 2. The lowest BCUT2D eigenvalue weighted by atomic mass is 9.93. The fourth-order valence-electron chi connectivity index (χ4n) is 5.39. The third kappa shape index (κ3) is 6.78. The molecule has 0 N–H and O–H groups in total. The van der Waals surface area contributed by atoms with Crippen LogP contribution in [0.1, 0.15) is 60.4 Å². The Balaban J connectivity index is 1.39. The summed E-state index contributed by atoms with van der Waals surface area (Å²) in [5.74, 6) is -0.287. The molecule has 5 nitrogen and oxygen atoms in total. The second kappa shape index (κ2) is 12.4. The van der Waals surface area contributed by atoms with Crippen LogP contribution < -0.4 is 0 Å². The van der Waals surface area contributed by atoms with Crippen molar-refractivity contribution in [3.8, 4) is 0 Å². The lowest BCUT2D eigenvalue weighted by Crippen LogP contribution is -2.49. The molecule has 2 fully saturated rings. The van der Waals surface area contributed by atoms with Crippen molar-refractivity contribution in [2.75, 3.05) is 39.8 Å². The summed E-state index contributed by atoms with van der Waals surface area (Å²) in [5.41, 5.74) is 1.36. The minimum atomic E-state index is -0.426. The van der Waals surface area contributed by atoms with Gasteiger partial charge in [-0.15, -0.1) is 0 Å². The van der Waals surface area contributed by atoms with Crippen LogP contribution in [0.2, 0.25) is 10.0 Å². The first-order valence-corrected chi connectivity index (χ1v) is 13.5. The van der Waals surface area contributed by atoms with Gasteiger partial charge in [-0.3, -0.25) is 9.59 Å². The largest absolute Gasteiger partial charge is 0.341 e. The van der Waals surface area contributed by atoms with Crippen LogP contribution in [-0.4, -0.2) is 72.3 Å². The van der Waals surface area contributed by atoms with Crippen molar-refractivity contribution in [1.82, 2.24) is 14.7 Å². The van der Waals surface area contributed by atoms with Gasteiger partial charge >= 0.3 is 0 Å². The molecule has 2 heterocycles. The zero-order chi connectivity index (χ0) is 25.7. The smallest absolute Gasteiger partial charge is 0.253 e. The van der Waals surface area contributed by atoms with Gasteiger partial charge in [0.05, 0.1) is 10.0 Å². The molecule has 36 heavy (non-hydrogen) atoms. The van der Waals surface area contributed by atoms with Crippen LogP contribution in [0.3, 0.4) is 0 Å². The van der Waals surface area contributed by atoms with Crippen LogP contribution in [0.4, 0.5) is 4.39 Å². The molecule has 8 heteroatoms. The van der Waals surface area contributed by atoms with Gasteiger partial charge in [0.1, 0.15) is 5.82 Å². The van der Waals surface area contributed by atoms with E-state index in [1.165, 1.54) is 12.1 Å². The number of piperidine rings is 2. The molecule has 0 radical (unpaired) electrons. The van der Waals surface area contributed by atoms with Crippen LogP contribution in [0.25, 0.3) is 0 Å². The number of carbonyl (C=O) groups is 2. The Kier molecular flexibility index (Phi) is 9.26. The number of nitrogens with zero attached hydrogens (tertiary/aromatic N) is 3. The van der Waals surface area contributed by atoms with Gasteiger partial charge in [0.15, 0.2) is 0 Å². The third-order valence-corrected chi connectivity index (χ3v) is 8.22. The third-order valence-electron chi connectivity index (χ3n) is 7.48. The summed E-state index contributed by atoms with van der Waals surface area (Å²) in [6.45, 7) is 4.18. The molecule has 0 aromatic heterocycles. The second-order valence-corrected chi connectivity index (χ2v) is 10.8. The van der Waals surface area contributed by atoms with Crippen LogP contribution in [-0.2, 0) is 4.79 Å². The molecule has 0 saturated carbocycles. The first-order valence-electron chi connectivity index (χ1n) is 12.8. The average molecular weight is 535 g/mol. The normalized spacial score (nSPS) is 18.3. The molecule has 1 unspecified atom stereocenters. The second-order valence-electron chi connectivity index (χ2n) is 9.97. The SMILES string of the molecule is CN(CC(CCN1CCC(N2CCCCC2=O)CC1)c1ccc(Cl)c(Cl)c1)C(=O)c1cccc(F)c1. The molecule has 0 bridgehead atoms. The van der Waals surface area contributed by atoms with Crippen molar-refractivity contribution >= 4 is 35.0 Å². The monoisotopic (exact) mass is 533 g/mol. The summed E-state index contributed by atoms with van der Waals surface area (Å²) in [7, 11) is 1.75. The van der Waals surface area contributed by atoms with Crippen LogP contribution in [0.5, 0.6) is 0 Å². The van der Waals surface area contributed by atoms with Crippen molar-refractivity contribution in [2.24, 2.45) is 0 Å². The highest BCUT2D eigenvalue weighted by molar-refractivity contribution is 6.42. The standard InChI is InChI=1S/C28H34Cl2FN3O2/c1-32(28(36)21-5-4-6-23(31)17-21)19-22(20-8-9-25(29)26(30)18-20)10-14-33-15-11-24(12-16-33)34-13-3-2-7-27(34)35/h4-6,8-9,17-18,22,24H,2-3,7,10-16,19H2,1H3. The maximum absolute atomic E-state index is 13.7. The number of likely N-dealkylation sites (N-methyl/N-ethyl adjacent to an activating group) is 1. The van der Waals surface area contributed by atoms with E-state index in [2.05, 4.69) is 9.80 Å². The minimum Gasteiger partial charge on any atom is -0.341 e. The molecule has 2 aliphatic heterocycles. The molecule has 0 spiro atoms. The van der Waals surface area contributed by atoms with E-state index >= 15 is 0 Å². The van der Waals surface area contributed by atoms with Crippen LogP contribution in [0.15, 0.2) is 42.5 Å². The predicted octanol–water partition coefficient (Wildman–Crippen LogP) is 5.86. The highest BCUT2D eigenvalue weighted by Gasteiger charge is 2.29. The fourth-order valence-corrected chi connectivity index (χ4v) is 5.70. The number of carbonyl (C=O) groups excluding carboxylic acids is 2. The molecule has 194 valence electrons. The van der Waals surface area contributed by atoms with Gasteiger partial charge in [-0.2, -0.15) is 0 Å². The summed E-state index contributed by atoms with van der Waals surface area (Å²) in [4.78, 5) is 31.5. The van der Waals surface area contributed by atoms with E-state index in [1.807, 2.05) is 12.1 Å². The maximum atomic E-state index is 13.7. The van der Waals surface area contributed by atoms with Crippen molar-refractivity contribution in [1.29, 1.82) is 0 Å². The highest BCUT2D eigenvalue weighted by Crippen LogP contribution is 2.30. The quantitative estimate of drug-likeness (QED) is 0.427. The molecule has 1 atom stereocenters. The van der Waals surface area contributed by atoms with Gasteiger partial charge in [0.25, 0.3) is 5.91 Å². The summed E-state index contributed by atoms with van der Waals surface area (Å²) in [5, 5.41) is 0.989. The van der Waals surface area contributed by atoms with Crippen molar-refractivity contribution < 1.29 is 14.0 Å². The fraction of sp³-hybridized carbons (Fsp3) is 0.500. The first-order chi connectivity index (χ1) is 17.3. The summed E-state index contributed by atoms with van der Waals surface area (Å²) >= 11 is 12.5. The lowest BCUT2D eigenvalue weighted by Gasteiger charge is -2.40. The molecular formula is C28H34Cl2FN3O2. The summed E-state index contributed by atoms with van der Waals surface area (Å²) in [6, 6.07) is 11.8. The van der Waals surface area contributed by atoms with Gasteiger partial charge in [0, 0.05) is 57.2 Å². The zero-order valence-corrected chi connectivity index (χ0v) is 22.3. The molecule has 2 amide bonds. The number of amides is 2. The Labute approximate surface area is 223 Å². The Morgan fingerprint density at radius 1 is 1.08 bits per heavy atom. The zero-order valence-electron chi connectivity index (χ0n) is 20.8. The van der Waals surface area contributed by atoms with E-state index in [0.29, 0.717) is 40.5 Å². The Morgan fingerprint density at radius 2 is 1.86 bits per heavy atom. The highest BCUT2D eigenvalue weighted by atomic mass is 35.5. The molecule has 4 rings (SSSR count). The average Bonchev–Trinajstić information content (AvgIpc) is 2.88. The van der Waals surface area contributed by atoms with E-state index in [1.54, 1.807) is 30.1 Å². The van der Waals surface area contributed by atoms with Crippen LogP contribution in [0, 0.1) is 5.82 Å². The topological polar surface area (TPSA) is 43.9 Å². The van der Waals surface area contributed by atoms with E-state index in [-0.39, 0.29) is 11.8 Å². The Morgan fingerprint density at radius 3 is 2.56 bits per heavy atom. The van der Waals surface area contributed by atoms with Gasteiger partial charge in [-0.05, 0) is 74.5 Å². The van der Waals surface area contributed by atoms with E-state index < -0.39 is 5.82 Å². The number of benzene rings is 2. The number of hydrogen-bond acceptors (Lipinski definition) is 3. The Bertz CT molecular complexity index is 1070. The molecule has 0 aliphatic carbocycles. The number of hydrogen-bond donors (Lipinski definition) is 0. The van der Waals surface area contributed by atoms with Gasteiger partial charge < -0.3 is 14.7 Å². The molecular weight excluding hydrogens is 500 g/mol. The first kappa shape index (κ1) is 26.9. The van der Waals surface area contributed by atoms with E-state index in [4.69, 9.17) is 23.2 Å². The van der Waals surface area contributed by atoms with E-state index in [0.717, 1.165) is 63.8 Å². The van der Waals surface area contributed by atoms with Crippen LogP contribution >= 0.6 is 23.2 Å². The Hall–Kier alpha value is -2.15. The van der Waals surface area contributed by atoms with Crippen molar-refractivity contribution in [3.05, 3.63) is 69.5 Å².